The van der Waals surface area contributed by atoms with Gasteiger partial charge in [0.2, 0.25) is 5.91 Å². The number of carboxylic acid groups (broad SMARTS) is 1. The Morgan fingerprint density at radius 1 is 1.55 bits per heavy atom. The van der Waals surface area contributed by atoms with Gasteiger partial charge in [-0.25, -0.2) is 5.06 Å². The molecule has 0 spiro atoms. The van der Waals surface area contributed by atoms with Crippen LogP contribution in [-0.2, 0) is 19.2 Å². The van der Waals surface area contributed by atoms with Crippen molar-refractivity contribution >= 4 is 29.5 Å². The van der Waals surface area contributed by atoms with Crippen LogP contribution in [0.2, 0.25) is 0 Å². The molecule has 7 nitrogen and oxygen atoms in total. The first-order valence-corrected chi connectivity index (χ1v) is 6.47. The number of β-lactam (4-membered cyclic amide) rings is 2. The SMILES string of the molecule is CON1C(=O)C[C@@H]1/C=C1\C(=O)N2C(C(=O)[O-])=CS[C@H]12.[Na+]. The van der Waals surface area contributed by atoms with E-state index < -0.39 is 5.97 Å². The van der Waals surface area contributed by atoms with Gasteiger partial charge in [0.1, 0.15) is 5.37 Å². The van der Waals surface area contributed by atoms with Gasteiger partial charge in [0.25, 0.3) is 5.91 Å². The standard InChI is InChI=1S/C11H10N2O5S.Na/c1-18-13-5(3-8(13)14)2-6-9(15)12-7(11(16)17)4-19-10(6)12;/h2,4-5,10H,3H2,1H3,(H,16,17);/q;+1/p-1/b6-2+;/t5-,10+;/m0./s1. The summed E-state index contributed by atoms with van der Waals surface area (Å²) in [6.07, 6.45) is 1.95. The number of rotatable bonds is 3. The summed E-state index contributed by atoms with van der Waals surface area (Å²) in [7, 11) is 1.39. The smallest absolute Gasteiger partial charge is 0.543 e. The van der Waals surface area contributed by atoms with Gasteiger partial charge in [-0.15, -0.1) is 11.8 Å². The largest absolute Gasteiger partial charge is 1.00 e. The third kappa shape index (κ3) is 2.11. The number of hydrogen-bond acceptors (Lipinski definition) is 6. The maximum absolute atomic E-state index is 11.9. The van der Waals surface area contributed by atoms with E-state index in [4.69, 9.17) is 4.84 Å². The Hall–Kier alpha value is -0.800. The van der Waals surface area contributed by atoms with Gasteiger partial charge in [-0.1, -0.05) is 0 Å². The second-order valence-electron chi connectivity index (χ2n) is 4.25. The Morgan fingerprint density at radius 3 is 2.80 bits per heavy atom. The summed E-state index contributed by atoms with van der Waals surface area (Å²) in [6, 6.07) is -0.258. The first-order chi connectivity index (χ1) is 9.04. The van der Waals surface area contributed by atoms with Gasteiger partial charge in [0.05, 0.1) is 31.2 Å². The average Bonchev–Trinajstić information content (AvgIpc) is 2.74. The van der Waals surface area contributed by atoms with E-state index in [0.717, 1.165) is 0 Å². The van der Waals surface area contributed by atoms with Gasteiger partial charge in [-0.05, 0) is 11.5 Å². The Kier molecular flexibility index (Phi) is 4.31. The van der Waals surface area contributed by atoms with Crippen LogP contribution in [-0.4, -0.2) is 46.3 Å². The van der Waals surface area contributed by atoms with Crippen molar-refractivity contribution in [1.82, 2.24) is 9.96 Å². The molecule has 0 aromatic carbocycles. The number of carbonyl (C=O) groups excluding carboxylic acids is 3. The van der Waals surface area contributed by atoms with Gasteiger partial charge >= 0.3 is 29.6 Å². The molecule has 0 N–H and O–H groups in total. The summed E-state index contributed by atoms with van der Waals surface area (Å²) in [5.74, 6) is -1.86. The predicted octanol–water partition coefficient (Wildman–Crippen LogP) is -4.41. The van der Waals surface area contributed by atoms with E-state index in [1.54, 1.807) is 6.08 Å². The number of nitrogens with zero attached hydrogens (tertiary/aromatic N) is 2. The summed E-state index contributed by atoms with van der Waals surface area (Å²) in [5, 5.41) is 13.1. The van der Waals surface area contributed by atoms with Crippen molar-refractivity contribution in [2.45, 2.75) is 17.8 Å². The number of carboxylic acids is 1. The van der Waals surface area contributed by atoms with E-state index in [1.807, 2.05) is 0 Å². The van der Waals surface area contributed by atoms with E-state index in [9.17, 15) is 19.5 Å². The van der Waals surface area contributed by atoms with Gasteiger partial charge < -0.3 is 9.90 Å². The van der Waals surface area contributed by atoms with Crippen LogP contribution in [0.4, 0.5) is 0 Å². The van der Waals surface area contributed by atoms with Crippen LogP contribution < -0.4 is 34.7 Å². The topological polar surface area (TPSA) is 90.0 Å². The van der Waals surface area contributed by atoms with Crippen LogP contribution in [0, 0.1) is 0 Å². The molecule has 20 heavy (non-hydrogen) atoms. The van der Waals surface area contributed by atoms with Crippen molar-refractivity contribution in [3.63, 3.8) is 0 Å². The molecule has 2 saturated heterocycles. The fourth-order valence-corrected chi connectivity index (χ4v) is 3.40. The molecule has 0 aromatic rings. The van der Waals surface area contributed by atoms with Crippen LogP contribution in [0.1, 0.15) is 6.42 Å². The summed E-state index contributed by atoms with van der Waals surface area (Å²) in [6.45, 7) is 0. The van der Waals surface area contributed by atoms with Crippen LogP contribution in [0.5, 0.6) is 0 Å². The Bertz CT molecular complexity index is 561. The quantitative estimate of drug-likeness (QED) is 0.297. The number of carbonyl (C=O) groups is 3. The second-order valence-corrected chi connectivity index (χ2v) is 5.20. The van der Waals surface area contributed by atoms with Gasteiger partial charge in [0.15, 0.2) is 0 Å². The monoisotopic (exact) mass is 304 g/mol. The summed E-state index contributed by atoms with van der Waals surface area (Å²) >= 11 is 1.24. The summed E-state index contributed by atoms with van der Waals surface area (Å²) in [4.78, 5) is 39.9. The van der Waals surface area contributed by atoms with Crippen molar-refractivity contribution in [1.29, 1.82) is 0 Å². The minimum Gasteiger partial charge on any atom is -0.543 e. The van der Waals surface area contributed by atoms with E-state index in [2.05, 4.69) is 0 Å². The molecule has 100 valence electrons. The Morgan fingerprint density at radius 2 is 2.25 bits per heavy atom. The molecule has 3 aliphatic rings. The molecule has 0 aliphatic carbocycles. The minimum atomic E-state index is -1.36. The molecule has 3 rings (SSSR count). The van der Waals surface area contributed by atoms with Gasteiger partial charge in [-0.2, -0.15) is 0 Å². The second kappa shape index (κ2) is 5.53. The number of fused-ring (bicyclic) bond motifs is 1. The Balaban J connectivity index is 0.00000147. The Labute approximate surface area is 140 Å². The van der Waals surface area contributed by atoms with Crippen molar-refractivity contribution in [2.24, 2.45) is 0 Å². The molecule has 0 bridgehead atoms. The maximum Gasteiger partial charge on any atom is 1.00 e. The van der Waals surface area contributed by atoms with Gasteiger partial charge in [0, 0.05) is 5.57 Å². The van der Waals surface area contributed by atoms with Gasteiger partial charge in [-0.3, -0.25) is 19.3 Å². The van der Waals surface area contributed by atoms with E-state index in [0.29, 0.717) is 12.0 Å². The zero-order valence-corrected chi connectivity index (χ0v) is 13.7. The molecular formula is C11H9N2NaO5S. The predicted molar refractivity (Wildman–Crippen MR) is 61.7 cm³/mol. The van der Waals surface area contributed by atoms with E-state index in [1.165, 1.54) is 34.2 Å². The van der Waals surface area contributed by atoms with E-state index in [-0.39, 0.29) is 58.5 Å². The van der Waals surface area contributed by atoms with Crippen molar-refractivity contribution in [2.75, 3.05) is 7.11 Å². The number of hydroxylamine groups is 2. The van der Waals surface area contributed by atoms with Crippen LogP contribution >= 0.6 is 11.8 Å². The molecule has 2 atom stereocenters. The molecule has 3 heterocycles. The zero-order chi connectivity index (χ0) is 13.7. The first kappa shape index (κ1) is 15.6. The minimum absolute atomic E-state index is 0. The molecule has 0 aromatic heterocycles. The average molecular weight is 304 g/mol. The fourth-order valence-electron chi connectivity index (χ4n) is 2.28. The molecule has 0 unspecified atom stereocenters. The number of hydrogen-bond donors (Lipinski definition) is 0. The maximum atomic E-state index is 11.9. The first-order valence-electron chi connectivity index (χ1n) is 5.53. The van der Waals surface area contributed by atoms with Crippen molar-refractivity contribution in [3.8, 4) is 0 Å². The molecule has 0 saturated carbocycles. The summed E-state index contributed by atoms with van der Waals surface area (Å²) in [5.41, 5.74) is 0.391. The molecular weight excluding hydrogens is 295 g/mol. The van der Waals surface area contributed by atoms with Crippen LogP contribution in [0.15, 0.2) is 22.8 Å². The van der Waals surface area contributed by atoms with Crippen molar-refractivity contribution in [3.05, 3.63) is 22.8 Å². The normalized spacial score (nSPS) is 29.4. The number of aliphatic carboxylic acids is 1. The van der Waals surface area contributed by atoms with Crippen LogP contribution in [0.3, 0.4) is 0 Å². The fraction of sp³-hybridized carbons (Fsp3) is 0.364. The van der Waals surface area contributed by atoms with Crippen molar-refractivity contribution < 1.29 is 53.9 Å². The third-order valence-electron chi connectivity index (χ3n) is 3.24. The van der Waals surface area contributed by atoms with Crippen LogP contribution in [0.25, 0.3) is 0 Å². The molecule has 2 fully saturated rings. The van der Waals surface area contributed by atoms with E-state index >= 15 is 0 Å². The third-order valence-corrected chi connectivity index (χ3v) is 4.32. The molecule has 2 amide bonds. The molecule has 0 radical (unpaired) electrons. The zero-order valence-electron chi connectivity index (χ0n) is 10.9. The molecule has 3 aliphatic heterocycles. The summed E-state index contributed by atoms with van der Waals surface area (Å²) < 4.78 is 0. The number of amides is 2. The molecule has 9 heteroatoms. The number of thioether (sulfide) groups is 1.